The SMILES string of the molecule is CCCCCCCc1ccccc1-c1cccc(O)c1C. The van der Waals surface area contributed by atoms with E-state index in [9.17, 15) is 5.11 Å². The molecule has 1 nitrogen and oxygen atoms in total. The third-order valence-electron chi connectivity index (χ3n) is 4.16. The predicted octanol–water partition coefficient (Wildman–Crippen LogP) is 5.88. The van der Waals surface area contributed by atoms with E-state index in [1.807, 2.05) is 13.0 Å². The molecule has 112 valence electrons. The molecule has 0 amide bonds. The van der Waals surface area contributed by atoms with Crippen LogP contribution in [0, 0.1) is 6.92 Å². The van der Waals surface area contributed by atoms with Crippen molar-refractivity contribution in [1.82, 2.24) is 0 Å². The van der Waals surface area contributed by atoms with Crippen LogP contribution in [0.5, 0.6) is 5.75 Å². The Morgan fingerprint density at radius 1 is 0.810 bits per heavy atom. The monoisotopic (exact) mass is 282 g/mol. The lowest BCUT2D eigenvalue weighted by Gasteiger charge is -2.13. The Morgan fingerprint density at radius 2 is 1.52 bits per heavy atom. The largest absolute Gasteiger partial charge is 0.508 e. The number of hydrogen-bond acceptors (Lipinski definition) is 1. The van der Waals surface area contributed by atoms with Crippen LogP contribution in [-0.4, -0.2) is 5.11 Å². The molecule has 1 N–H and O–H groups in total. The minimum atomic E-state index is 0.380. The van der Waals surface area contributed by atoms with Crippen molar-refractivity contribution in [3.8, 4) is 16.9 Å². The topological polar surface area (TPSA) is 20.2 Å². The fourth-order valence-electron chi connectivity index (χ4n) is 2.84. The van der Waals surface area contributed by atoms with Crippen molar-refractivity contribution in [3.63, 3.8) is 0 Å². The number of rotatable bonds is 7. The summed E-state index contributed by atoms with van der Waals surface area (Å²) in [7, 11) is 0. The van der Waals surface area contributed by atoms with Gasteiger partial charge in [-0.1, -0.05) is 69.0 Å². The molecule has 0 saturated heterocycles. The van der Waals surface area contributed by atoms with Gasteiger partial charge < -0.3 is 5.11 Å². The number of phenols is 1. The van der Waals surface area contributed by atoms with Crippen molar-refractivity contribution in [1.29, 1.82) is 0 Å². The summed E-state index contributed by atoms with van der Waals surface area (Å²) in [5.41, 5.74) is 4.78. The van der Waals surface area contributed by atoms with Gasteiger partial charge in [0.25, 0.3) is 0 Å². The first-order valence-electron chi connectivity index (χ1n) is 8.11. The highest BCUT2D eigenvalue weighted by molar-refractivity contribution is 5.72. The number of aromatic hydroxyl groups is 1. The van der Waals surface area contributed by atoms with Gasteiger partial charge >= 0.3 is 0 Å². The highest BCUT2D eigenvalue weighted by Gasteiger charge is 2.09. The first-order valence-corrected chi connectivity index (χ1v) is 8.11. The van der Waals surface area contributed by atoms with Gasteiger partial charge in [0.1, 0.15) is 5.75 Å². The molecule has 0 saturated carbocycles. The highest BCUT2D eigenvalue weighted by atomic mass is 16.3. The number of hydrogen-bond donors (Lipinski definition) is 1. The standard InChI is InChI=1S/C20H26O/c1-3-4-5-6-7-11-17-12-8-9-13-19(17)18-14-10-15-20(21)16(18)2/h8-10,12-15,21H,3-7,11H2,1-2H3. The summed E-state index contributed by atoms with van der Waals surface area (Å²) in [5, 5.41) is 9.93. The Bertz CT molecular complexity index is 572. The summed E-state index contributed by atoms with van der Waals surface area (Å²) in [6, 6.07) is 14.4. The number of phenolic OH excluding ortho intramolecular Hbond substituents is 1. The van der Waals surface area contributed by atoms with Crippen LogP contribution in [0.3, 0.4) is 0 Å². The third-order valence-corrected chi connectivity index (χ3v) is 4.16. The van der Waals surface area contributed by atoms with Crippen LogP contribution in [0.4, 0.5) is 0 Å². The van der Waals surface area contributed by atoms with Crippen LogP contribution in [0.25, 0.3) is 11.1 Å². The second-order valence-corrected chi connectivity index (χ2v) is 5.77. The summed E-state index contributed by atoms with van der Waals surface area (Å²) in [6.45, 7) is 4.24. The van der Waals surface area contributed by atoms with E-state index in [1.165, 1.54) is 43.2 Å². The molecule has 0 bridgehead atoms. The Labute approximate surface area is 128 Å². The van der Waals surface area contributed by atoms with Crippen molar-refractivity contribution in [2.45, 2.75) is 52.4 Å². The maximum absolute atomic E-state index is 9.93. The van der Waals surface area contributed by atoms with E-state index in [0.29, 0.717) is 5.75 Å². The Hall–Kier alpha value is -1.76. The van der Waals surface area contributed by atoms with Gasteiger partial charge in [-0.25, -0.2) is 0 Å². The van der Waals surface area contributed by atoms with Crippen LogP contribution >= 0.6 is 0 Å². The zero-order chi connectivity index (χ0) is 15.1. The van der Waals surface area contributed by atoms with E-state index in [1.54, 1.807) is 6.07 Å². The average molecular weight is 282 g/mol. The Balaban J connectivity index is 2.15. The lowest BCUT2D eigenvalue weighted by molar-refractivity contribution is 0.471. The second-order valence-electron chi connectivity index (χ2n) is 5.77. The smallest absolute Gasteiger partial charge is 0.119 e. The van der Waals surface area contributed by atoms with Gasteiger partial charge in [-0.2, -0.15) is 0 Å². The van der Waals surface area contributed by atoms with Gasteiger partial charge in [-0.15, -0.1) is 0 Å². The molecule has 0 atom stereocenters. The van der Waals surface area contributed by atoms with Gasteiger partial charge in [0.15, 0.2) is 0 Å². The van der Waals surface area contributed by atoms with Gasteiger partial charge in [-0.3, -0.25) is 0 Å². The Kier molecular flexibility index (Phi) is 5.86. The molecule has 0 unspecified atom stereocenters. The van der Waals surface area contributed by atoms with Gasteiger partial charge in [-0.05, 0) is 48.1 Å². The van der Waals surface area contributed by atoms with Gasteiger partial charge in [0.2, 0.25) is 0 Å². The van der Waals surface area contributed by atoms with Crippen molar-refractivity contribution < 1.29 is 5.11 Å². The zero-order valence-electron chi connectivity index (χ0n) is 13.2. The Morgan fingerprint density at radius 3 is 2.33 bits per heavy atom. The molecule has 0 fully saturated rings. The van der Waals surface area contributed by atoms with Crippen molar-refractivity contribution in [3.05, 3.63) is 53.6 Å². The molecule has 0 aliphatic rings. The van der Waals surface area contributed by atoms with E-state index < -0.39 is 0 Å². The van der Waals surface area contributed by atoms with E-state index in [4.69, 9.17) is 0 Å². The zero-order valence-corrected chi connectivity index (χ0v) is 13.2. The molecule has 0 aliphatic heterocycles. The molecule has 0 radical (unpaired) electrons. The second kappa shape index (κ2) is 7.87. The molecule has 0 spiro atoms. The summed E-state index contributed by atoms with van der Waals surface area (Å²) in [5.74, 6) is 0.380. The molecule has 2 rings (SSSR count). The quantitative estimate of drug-likeness (QED) is 0.629. The predicted molar refractivity (Wildman–Crippen MR) is 90.7 cm³/mol. The summed E-state index contributed by atoms with van der Waals surface area (Å²) >= 11 is 0. The molecule has 2 aromatic carbocycles. The number of benzene rings is 2. The molecule has 0 aromatic heterocycles. The highest BCUT2D eigenvalue weighted by Crippen LogP contribution is 2.32. The maximum atomic E-state index is 9.93. The van der Waals surface area contributed by atoms with Crippen LogP contribution < -0.4 is 0 Å². The fraction of sp³-hybridized carbons (Fsp3) is 0.400. The van der Waals surface area contributed by atoms with Crippen LogP contribution in [0.15, 0.2) is 42.5 Å². The number of aryl methyl sites for hydroxylation is 1. The fourth-order valence-corrected chi connectivity index (χ4v) is 2.84. The summed E-state index contributed by atoms with van der Waals surface area (Å²) in [4.78, 5) is 0. The number of unbranched alkanes of at least 4 members (excludes halogenated alkanes) is 4. The van der Waals surface area contributed by atoms with Gasteiger partial charge in [0, 0.05) is 0 Å². The van der Waals surface area contributed by atoms with Crippen molar-refractivity contribution in [2.24, 2.45) is 0 Å². The molecule has 21 heavy (non-hydrogen) atoms. The molecule has 2 aromatic rings. The van der Waals surface area contributed by atoms with Crippen molar-refractivity contribution in [2.75, 3.05) is 0 Å². The third kappa shape index (κ3) is 4.10. The first kappa shape index (κ1) is 15.6. The lowest BCUT2D eigenvalue weighted by Crippen LogP contribution is -1.93. The van der Waals surface area contributed by atoms with E-state index >= 15 is 0 Å². The molecule has 0 heterocycles. The van der Waals surface area contributed by atoms with E-state index in [0.717, 1.165) is 17.5 Å². The molecular weight excluding hydrogens is 256 g/mol. The van der Waals surface area contributed by atoms with Crippen molar-refractivity contribution >= 4 is 0 Å². The lowest BCUT2D eigenvalue weighted by atomic mass is 9.93. The molecule has 0 aliphatic carbocycles. The van der Waals surface area contributed by atoms with Gasteiger partial charge in [0.05, 0.1) is 0 Å². The average Bonchev–Trinajstić information content (AvgIpc) is 2.50. The minimum Gasteiger partial charge on any atom is -0.508 e. The molecule has 1 heteroatoms. The van der Waals surface area contributed by atoms with E-state index in [2.05, 4.69) is 37.3 Å². The van der Waals surface area contributed by atoms with E-state index in [-0.39, 0.29) is 0 Å². The van der Waals surface area contributed by atoms with Crippen LogP contribution in [-0.2, 0) is 6.42 Å². The van der Waals surface area contributed by atoms with Crippen LogP contribution in [0.1, 0.15) is 50.2 Å². The maximum Gasteiger partial charge on any atom is 0.119 e. The normalized spacial score (nSPS) is 10.8. The summed E-state index contributed by atoms with van der Waals surface area (Å²) in [6.07, 6.45) is 7.64. The minimum absolute atomic E-state index is 0.380. The summed E-state index contributed by atoms with van der Waals surface area (Å²) < 4.78 is 0. The first-order chi connectivity index (χ1) is 10.2. The van der Waals surface area contributed by atoms with Crippen LogP contribution in [0.2, 0.25) is 0 Å². The molecular formula is C20H26O.